The van der Waals surface area contributed by atoms with Crippen molar-refractivity contribution in [2.75, 3.05) is 6.54 Å². The molecule has 1 aromatic carbocycles. The Morgan fingerprint density at radius 1 is 1.38 bits per heavy atom. The van der Waals surface area contributed by atoms with E-state index in [1.54, 1.807) is 0 Å². The quantitative estimate of drug-likeness (QED) is 0.602. The number of nitrogens with one attached hydrogen (secondary N) is 1. The average molecular weight is 219 g/mol. The summed E-state index contributed by atoms with van der Waals surface area (Å²) in [4.78, 5) is 4.31. The average Bonchev–Trinajstić information content (AvgIpc) is 2.25. The number of nitrogens with zero attached hydrogens (tertiary/aromatic N) is 1. The van der Waals surface area contributed by atoms with Gasteiger partial charge in [0.25, 0.3) is 0 Å². The zero-order valence-corrected chi connectivity index (χ0v) is 10.4. The standard InChI is InChI=1S/C13H21N3/c1-4-7-15-13(14)16-9-12-6-5-10(2)8-11(12)3/h5-6,8H,4,7,9H2,1-3H3,(H3,14,15,16). The van der Waals surface area contributed by atoms with E-state index in [1.165, 1.54) is 16.7 Å². The first-order valence-corrected chi connectivity index (χ1v) is 5.73. The lowest BCUT2D eigenvalue weighted by atomic mass is 10.1. The second-order valence-electron chi connectivity index (χ2n) is 4.06. The van der Waals surface area contributed by atoms with Crippen LogP contribution in [0.4, 0.5) is 0 Å². The first-order valence-electron chi connectivity index (χ1n) is 5.73. The number of nitrogens with two attached hydrogens (primary N) is 1. The van der Waals surface area contributed by atoms with E-state index < -0.39 is 0 Å². The molecule has 0 amide bonds. The zero-order chi connectivity index (χ0) is 12.0. The lowest BCUT2D eigenvalue weighted by Gasteiger charge is -2.06. The van der Waals surface area contributed by atoms with Crippen LogP contribution < -0.4 is 11.1 Å². The van der Waals surface area contributed by atoms with Crippen LogP contribution in [0.2, 0.25) is 0 Å². The summed E-state index contributed by atoms with van der Waals surface area (Å²) in [5.74, 6) is 0.529. The number of aryl methyl sites for hydroxylation is 2. The van der Waals surface area contributed by atoms with Gasteiger partial charge in [-0.25, -0.2) is 4.99 Å². The molecule has 0 saturated carbocycles. The Balaban J connectivity index is 2.60. The third-order valence-corrected chi connectivity index (χ3v) is 2.47. The Hall–Kier alpha value is -1.51. The van der Waals surface area contributed by atoms with Crippen LogP contribution in [0.25, 0.3) is 0 Å². The number of aliphatic imine (C=N–C) groups is 1. The van der Waals surface area contributed by atoms with Gasteiger partial charge >= 0.3 is 0 Å². The highest BCUT2D eigenvalue weighted by Gasteiger charge is 1.97. The predicted molar refractivity (Wildman–Crippen MR) is 69.5 cm³/mol. The van der Waals surface area contributed by atoms with Crippen molar-refractivity contribution in [1.29, 1.82) is 0 Å². The van der Waals surface area contributed by atoms with E-state index in [0.29, 0.717) is 12.5 Å². The summed E-state index contributed by atoms with van der Waals surface area (Å²) in [5, 5.41) is 3.06. The van der Waals surface area contributed by atoms with E-state index in [4.69, 9.17) is 5.73 Å². The fourth-order valence-electron chi connectivity index (χ4n) is 1.50. The molecule has 0 unspecified atom stereocenters. The molecule has 0 aliphatic heterocycles. The molecule has 3 N–H and O–H groups in total. The summed E-state index contributed by atoms with van der Waals surface area (Å²) in [6.45, 7) is 7.83. The molecule has 88 valence electrons. The number of rotatable bonds is 4. The van der Waals surface area contributed by atoms with Crippen molar-refractivity contribution >= 4 is 5.96 Å². The molecular weight excluding hydrogens is 198 g/mol. The minimum Gasteiger partial charge on any atom is -0.370 e. The van der Waals surface area contributed by atoms with Crippen molar-refractivity contribution in [3.8, 4) is 0 Å². The molecule has 0 aliphatic carbocycles. The van der Waals surface area contributed by atoms with Crippen molar-refractivity contribution in [2.45, 2.75) is 33.7 Å². The molecular formula is C13H21N3. The van der Waals surface area contributed by atoms with Gasteiger partial charge in [0.2, 0.25) is 0 Å². The number of hydrogen-bond acceptors (Lipinski definition) is 1. The molecule has 16 heavy (non-hydrogen) atoms. The molecule has 0 radical (unpaired) electrons. The number of hydrogen-bond donors (Lipinski definition) is 2. The van der Waals surface area contributed by atoms with Crippen LogP contribution in [-0.2, 0) is 6.54 Å². The molecule has 0 heterocycles. The monoisotopic (exact) mass is 219 g/mol. The lowest BCUT2D eigenvalue weighted by molar-refractivity contribution is 0.825. The SMILES string of the molecule is CCCNC(N)=NCc1ccc(C)cc1C. The largest absolute Gasteiger partial charge is 0.370 e. The molecule has 0 aromatic heterocycles. The van der Waals surface area contributed by atoms with Gasteiger partial charge in [0.1, 0.15) is 0 Å². The van der Waals surface area contributed by atoms with E-state index >= 15 is 0 Å². The normalized spacial score (nSPS) is 11.6. The van der Waals surface area contributed by atoms with Crippen LogP contribution in [0, 0.1) is 13.8 Å². The van der Waals surface area contributed by atoms with E-state index in [2.05, 4.69) is 49.3 Å². The molecule has 0 aliphatic rings. The molecule has 0 atom stereocenters. The minimum atomic E-state index is 0.529. The predicted octanol–water partition coefficient (Wildman–Crippen LogP) is 2.12. The van der Waals surface area contributed by atoms with E-state index in [-0.39, 0.29) is 0 Å². The third kappa shape index (κ3) is 3.93. The van der Waals surface area contributed by atoms with Gasteiger partial charge in [-0.3, -0.25) is 0 Å². The van der Waals surface area contributed by atoms with Crippen LogP contribution >= 0.6 is 0 Å². The summed E-state index contributed by atoms with van der Waals surface area (Å²) >= 11 is 0. The van der Waals surface area contributed by atoms with Crippen LogP contribution in [0.1, 0.15) is 30.0 Å². The smallest absolute Gasteiger partial charge is 0.188 e. The van der Waals surface area contributed by atoms with Gasteiger partial charge < -0.3 is 11.1 Å². The summed E-state index contributed by atoms with van der Waals surface area (Å²) in [5.41, 5.74) is 9.51. The minimum absolute atomic E-state index is 0.529. The van der Waals surface area contributed by atoms with Crippen molar-refractivity contribution in [2.24, 2.45) is 10.7 Å². The topological polar surface area (TPSA) is 50.4 Å². The highest BCUT2D eigenvalue weighted by molar-refractivity contribution is 5.77. The van der Waals surface area contributed by atoms with Gasteiger partial charge in [0, 0.05) is 6.54 Å². The fraction of sp³-hybridized carbons (Fsp3) is 0.462. The number of benzene rings is 1. The van der Waals surface area contributed by atoms with Crippen LogP contribution in [0.3, 0.4) is 0 Å². The van der Waals surface area contributed by atoms with Gasteiger partial charge in [-0.2, -0.15) is 0 Å². The van der Waals surface area contributed by atoms with Gasteiger partial charge in [0.15, 0.2) is 5.96 Å². The molecule has 3 heteroatoms. The van der Waals surface area contributed by atoms with E-state index in [1.807, 2.05) is 0 Å². The van der Waals surface area contributed by atoms with Gasteiger partial charge in [0.05, 0.1) is 6.54 Å². The molecule has 0 fully saturated rings. The summed E-state index contributed by atoms with van der Waals surface area (Å²) in [6, 6.07) is 6.38. The van der Waals surface area contributed by atoms with Crippen molar-refractivity contribution in [3.05, 3.63) is 34.9 Å². The van der Waals surface area contributed by atoms with Crippen LogP contribution in [0.15, 0.2) is 23.2 Å². The second kappa shape index (κ2) is 6.16. The highest BCUT2D eigenvalue weighted by atomic mass is 15.1. The van der Waals surface area contributed by atoms with Crippen molar-refractivity contribution in [3.63, 3.8) is 0 Å². The zero-order valence-electron chi connectivity index (χ0n) is 10.4. The van der Waals surface area contributed by atoms with Crippen LogP contribution in [-0.4, -0.2) is 12.5 Å². The molecule has 1 rings (SSSR count). The maximum atomic E-state index is 5.73. The summed E-state index contributed by atoms with van der Waals surface area (Å²) in [6.07, 6.45) is 1.06. The Bertz CT molecular complexity index is 369. The van der Waals surface area contributed by atoms with Crippen molar-refractivity contribution in [1.82, 2.24) is 5.32 Å². The second-order valence-corrected chi connectivity index (χ2v) is 4.06. The Morgan fingerprint density at radius 3 is 2.75 bits per heavy atom. The molecule has 3 nitrogen and oxygen atoms in total. The summed E-state index contributed by atoms with van der Waals surface area (Å²) in [7, 11) is 0. The van der Waals surface area contributed by atoms with E-state index in [9.17, 15) is 0 Å². The fourth-order valence-corrected chi connectivity index (χ4v) is 1.50. The number of guanidine groups is 1. The Labute approximate surface area is 97.8 Å². The van der Waals surface area contributed by atoms with Gasteiger partial charge in [-0.05, 0) is 31.4 Å². The molecule has 0 bridgehead atoms. The Morgan fingerprint density at radius 2 is 2.12 bits per heavy atom. The molecule has 0 saturated heterocycles. The van der Waals surface area contributed by atoms with E-state index in [0.717, 1.165) is 13.0 Å². The molecule has 1 aromatic rings. The summed E-state index contributed by atoms with van der Waals surface area (Å²) < 4.78 is 0. The highest BCUT2D eigenvalue weighted by Crippen LogP contribution is 2.11. The van der Waals surface area contributed by atoms with Crippen molar-refractivity contribution < 1.29 is 0 Å². The lowest BCUT2D eigenvalue weighted by Crippen LogP contribution is -2.32. The van der Waals surface area contributed by atoms with Gasteiger partial charge in [-0.1, -0.05) is 30.7 Å². The first-order chi connectivity index (χ1) is 7.63. The maximum absolute atomic E-state index is 5.73. The first kappa shape index (κ1) is 12.6. The van der Waals surface area contributed by atoms with Crippen LogP contribution in [0.5, 0.6) is 0 Å². The maximum Gasteiger partial charge on any atom is 0.188 e. The third-order valence-electron chi connectivity index (χ3n) is 2.47. The molecule has 0 spiro atoms. The Kier molecular flexibility index (Phi) is 4.83. The van der Waals surface area contributed by atoms with Gasteiger partial charge in [-0.15, -0.1) is 0 Å².